The first-order valence-electron chi connectivity index (χ1n) is 5.45. The Kier molecular flexibility index (Phi) is 4.21. The molecule has 2 rings (SSSR count). The summed E-state index contributed by atoms with van der Waals surface area (Å²) in [7, 11) is 0. The number of phenolic OH excluding ortho intramolecular Hbond substituents is 1. The van der Waals surface area contributed by atoms with E-state index in [0.29, 0.717) is 21.6 Å². The molecule has 0 aliphatic carbocycles. The SMILES string of the molecule is CC(=NO)c1csc(NC(=O)c2ccc(Cl)cc2O)n1. The van der Waals surface area contributed by atoms with E-state index >= 15 is 0 Å². The number of nitrogens with zero attached hydrogens (tertiary/aromatic N) is 2. The number of anilines is 1. The van der Waals surface area contributed by atoms with Gasteiger partial charge in [-0.1, -0.05) is 16.8 Å². The third kappa shape index (κ3) is 3.06. The van der Waals surface area contributed by atoms with Crippen molar-refractivity contribution < 1.29 is 15.1 Å². The summed E-state index contributed by atoms with van der Waals surface area (Å²) in [6.07, 6.45) is 0. The summed E-state index contributed by atoms with van der Waals surface area (Å²) in [5, 5.41) is 26.2. The zero-order valence-electron chi connectivity index (χ0n) is 10.3. The van der Waals surface area contributed by atoms with E-state index in [1.54, 1.807) is 12.3 Å². The first-order chi connectivity index (χ1) is 9.51. The first kappa shape index (κ1) is 14.3. The van der Waals surface area contributed by atoms with Crippen molar-refractivity contribution in [3.63, 3.8) is 0 Å². The van der Waals surface area contributed by atoms with Crippen LogP contribution in [0.15, 0.2) is 28.7 Å². The Hall–Kier alpha value is -2.12. The van der Waals surface area contributed by atoms with Crippen molar-refractivity contribution in [3.05, 3.63) is 39.9 Å². The number of aromatic nitrogens is 1. The minimum Gasteiger partial charge on any atom is -0.507 e. The van der Waals surface area contributed by atoms with Crippen molar-refractivity contribution in [2.24, 2.45) is 5.16 Å². The number of benzene rings is 1. The molecule has 0 atom stereocenters. The summed E-state index contributed by atoms with van der Waals surface area (Å²) in [6, 6.07) is 4.21. The van der Waals surface area contributed by atoms with Crippen LogP contribution in [0, 0.1) is 0 Å². The fraction of sp³-hybridized carbons (Fsp3) is 0.0833. The van der Waals surface area contributed by atoms with Gasteiger partial charge in [-0.05, 0) is 25.1 Å². The summed E-state index contributed by atoms with van der Waals surface area (Å²) < 4.78 is 0. The van der Waals surface area contributed by atoms with Crippen LogP contribution in [0.25, 0.3) is 0 Å². The van der Waals surface area contributed by atoms with Crippen LogP contribution in [0.2, 0.25) is 5.02 Å². The number of oxime groups is 1. The molecule has 20 heavy (non-hydrogen) atoms. The van der Waals surface area contributed by atoms with E-state index in [4.69, 9.17) is 16.8 Å². The predicted octanol–water partition coefficient (Wildman–Crippen LogP) is 2.95. The third-order valence-electron chi connectivity index (χ3n) is 2.45. The zero-order chi connectivity index (χ0) is 14.7. The molecule has 0 saturated heterocycles. The lowest BCUT2D eigenvalue weighted by molar-refractivity contribution is 0.102. The maximum absolute atomic E-state index is 12.0. The van der Waals surface area contributed by atoms with Crippen LogP contribution < -0.4 is 5.32 Å². The number of carbonyl (C=O) groups is 1. The Morgan fingerprint density at radius 3 is 2.90 bits per heavy atom. The molecule has 6 nitrogen and oxygen atoms in total. The molecule has 1 amide bonds. The second-order valence-corrected chi connectivity index (χ2v) is 5.13. The molecular weight excluding hydrogens is 302 g/mol. The van der Waals surface area contributed by atoms with Crippen LogP contribution in [0.3, 0.4) is 0 Å². The largest absolute Gasteiger partial charge is 0.507 e. The van der Waals surface area contributed by atoms with Crippen LogP contribution in [0.5, 0.6) is 5.75 Å². The van der Waals surface area contributed by atoms with Gasteiger partial charge in [0.05, 0.1) is 5.56 Å². The van der Waals surface area contributed by atoms with E-state index in [0.717, 1.165) is 0 Å². The molecule has 3 N–H and O–H groups in total. The highest BCUT2D eigenvalue weighted by Gasteiger charge is 2.14. The van der Waals surface area contributed by atoms with Crippen LogP contribution in [0.1, 0.15) is 23.0 Å². The second kappa shape index (κ2) is 5.89. The molecule has 0 bridgehead atoms. The lowest BCUT2D eigenvalue weighted by Crippen LogP contribution is -2.12. The van der Waals surface area contributed by atoms with Gasteiger partial charge >= 0.3 is 0 Å². The van der Waals surface area contributed by atoms with Crippen LogP contribution in [0.4, 0.5) is 5.13 Å². The number of halogens is 1. The number of rotatable bonds is 3. The van der Waals surface area contributed by atoms with Gasteiger partial charge in [-0.2, -0.15) is 0 Å². The molecule has 0 unspecified atom stereocenters. The van der Waals surface area contributed by atoms with Gasteiger partial charge in [-0.25, -0.2) is 4.98 Å². The van der Waals surface area contributed by atoms with Crippen LogP contribution in [-0.4, -0.2) is 26.9 Å². The fourth-order valence-electron chi connectivity index (χ4n) is 1.41. The van der Waals surface area contributed by atoms with Gasteiger partial charge in [-0.3, -0.25) is 10.1 Å². The van der Waals surface area contributed by atoms with Gasteiger partial charge in [0.25, 0.3) is 5.91 Å². The van der Waals surface area contributed by atoms with Gasteiger partial charge < -0.3 is 10.3 Å². The minimum absolute atomic E-state index is 0.0960. The number of nitrogens with one attached hydrogen (secondary N) is 1. The molecule has 1 aromatic heterocycles. The molecule has 0 radical (unpaired) electrons. The minimum atomic E-state index is -0.501. The lowest BCUT2D eigenvalue weighted by atomic mass is 10.2. The summed E-state index contributed by atoms with van der Waals surface area (Å²) >= 11 is 6.88. The number of carbonyl (C=O) groups excluding carboxylic acids is 1. The molecule has 1 aromatic carbocycles. The number of phenols is 1. The lowest BCUT2D eigenvalue weighted by Gasteiger charge is -2.04. The number of amides is 1. The van der Waals surface area contributed by atoms with Gasteiger partial charge in [-0.15, -0.1) is 11.3 Å². The standard InChI is InChI=1S/C12H10ClN3O3S/c1-6(16-19)9-5-20-12(14-9)15-11(18)8-3-2-7(13)4-10(8)17/h2-5,17,19H,1H3,(H,14,15,18). The molecule has 0 saturated carbocycles. The van der Waals surface area contributed by atoms with Gasteiger partial charge in [0, 0.05) is 10.4 Å². The van der Waals surface area contributed by atoms with Gasteiger partial charge in [0.15, 0.2) is 5.13 Å². The fourth-order valence-corrected chi connectivity index (χ4v) is 2.33. The van der Waals surface area contributed by atoms with E-state index in [-0.39, 0.29) is 11.3 Å². The summed E-state index contributed by atoms with van der Waals surface area (Å²) in [4.78, 5) is 16.0. The number of hydrogen-bond donors (Lipinski definition) is 3. The quantitative estimate of drug-likeness (QED) is 0.461. The second-order valence-electron chi connectivity index (χ2n) is 3.84. The van der Waals surface area contributed by atoms with E-state index in [9.17, 15) is 9.90 Å². The zero-order valence-corrected chi connectivity index (χ0v) is 11.9. The Morgan fingerprint density at radius 2 is 2.25 bits per heavy atom. The molecule has 0 spiro atoms. The van der Waals surface area contributed by atoms with Crippen LogP contribution in [-0.2, 0) is 0 Å². The number of aromatic hydroxyl groups is 1. The molecule has 8 heteroatoms. The average molecular weight is 312 g/mol. The van der Waals surface area contributed by atoms with Crippen molar-refractivity contribution in [3.8, 4) is 5.75 Å². The van der Waals surface area contributed by atoms with Crippen LogP contribution >= 0.6 is 22.9 Å². The smallest absolute Gasteiger partial charge is 0.261 e. The number of thiazole rings is 1. The van der Waals surface area contributed by atoms with Gasteiger partial charge in [0.1, 0.15) is 17.2 Å². The average Bonchev–Trinajstić information content (AvgIpc) is 2.86. The topological polar surface area (TPSA) is 94.8 Å². The normalized spacial score (nSPS) is 11.4. The van der Waals surface area contributed by atoms with Crippen molar-refractivity contribution in [1.82, 2.24) is 4.98 Å². The van der Waals surface area contributed by atoms with Crippen molar-refractivity contribution in [2.45, 2.75) is 6.92 Å². The Labute approximate surface area is 123 Å². The van der Waals surface area contributed by atoms with Gasteiger partial charge in [0.2, 0.25) is 0 Å². The molecule has 104 valence electrons. The summed E-state index contributed by atoms with van der Waals surface area (Å²) in [5.41, 5.74) is 0.905. The molecule has 1 heterocycles. The summed E-state index contributed by atoms with van der Waals surface area (Å²) in [6.45, 7) is 1.59. The predicted molar refractivity (Wildman–Crippen MR) is 77.2 cm³/mol. The molecule has 0 aliphatic heterocycles. The molecule has 0 fully saturated rings. The van der Waals surface area contributed by atoms with Crippen molar-refractivity contribution in [2.75, 3.05) is 5.32 Å². The maximum atomic E-state index is 12.0. The molecule has 0 aliphatic rings. The van der Waals surface area contributed by atoms with E-state index in [1.165, 1.54) is 29.5 Å². The molecular formula is C12H10ClN3O3S. The highest BCUT2D eigenvalue weighted by atomic mass is 35.5. The molecule has 2 aromatic rings. The number of hydrogen-bond acceptors (Lipinski definition) is 6. The van der Waals surface area contributed by atoms with E-state index < -0.39 is 5.91 Å². The Balaban J connectivity index is 2.17. The summed E-state index contributed by atoms with van der Waals surface area (Å²) in [5.74, 6) is -0.710. The van der Waals surface area contributed by atoms with E-state index in [1.807, 2.05) is 0 Å². The van der Waals surface area contributed by atoms with E-state index in [2.05, 4.69) is 15.5 Å². The third-order valence-corrected chi connectivity index (χ3v) is 3.44. The monoisotopic (exact) mass is 311 g/mol. The Bertz CT molecular complexity index is 684. The first-order valence-corrected chi connectivity index (χ1v) is 6.71. The maximum Gasteiger partial charge on any atom is 0.261 e. The highest BCUT2D eigenvalue weighted by molar-refractivity contribution is 7.14. The Morgan fingerprint density at radius 1 is 1.50 bits per heavy atom. The van der Waals surface area contributed by atoms with Crippen molar-refractivity contribution in [1.29, 1.82) is 0 Å². The highest BCUT2D eigenvalue weighted by Crippen LogP contribution is 2.24. The van der Waals surface area contributed by atoms with Crippen molar-refractivity contribution >= 4 is 39.7 Å².